The van der Waals surface area contributed by atoms with E-state index in [0.29, 0.717) is 27.6 Å². The number of carbonyl (C=O) groups excluding carboxylic acids is 2. The number of ether oxygens (including phenoxy) is 1. The lowest BCUT2D eigenvalue weighted by atomic mass is 9.91. The van der Waals surface area contributed by atoms with Crippen molar-refractivity contribution in [2.45, 2.75) is 68.0 Å². The van der Waals surface area contributed by atoms with Crippen LogP contribution in [0.4, 0.5) is 0 Å². The number of hydrogen-bond donors (Lipinski definition) is 2. The molecule has 2 saturated carbocycles. The Morgan fingerprint density at radius 1 is 1.03 bits per heavy atom. The molecule has 2 aromatic rings. The van der Waals surface area contributed by atoms with Gasteiger partial charge in [0, 0.05) is 12.2 Å². The van der Waals surface area contributed by atoms with E-state index in [1.807, 2.05) is 12.1 Å². The second kappa shape index (κ2) is 9.85. The summed E-state index contributed by atoms with van der Waals surface area (Å²) in [5, 5.41) is 6.35. The summed E-state index contributed by atoms with van der Waals surface area (Å²) in [6.07, 6.45) is 6.96. The lowest BCUT2D eigenvalue weighted by molar-refractivity contribution is 0.00741. The molecule has 2 aliphatic carbocycles. The molecule has 3 aliphatic rings. The van der Waals surface area contributed by atoms with Crippen molar-refractivity contribution in [2.24, 2.45) is 0 Å². The molecular weight excluding hydrogens is 482 g/mol. The van der Waals surface area contributed by atoms with Gasteiger partial charge in [-0.2, -0.15) is 0 Å². The Hall–Kier alpha value is -1.93. The minimum absolute atomic E-state index is 0.104. The zero-order valence-corrected chi connectivity index (χ0v) is 22.0. The number of rotatable bonds is 8. The highest BCUT2D eigenvalue weighted by atomic mass is 35.5. The Labute approximate surface area is 216 Å². The fourth-order valence-electron chi connectivity index (χ4n) is 5.72. The number of nitrogens with zero attached hydrogens (tertiary/aromatic N) is 1. The number of carbonyl (C=O) groups is 2. The van der Waals surface area contributed by atoms with Crippen LogP contribution >= 0.6 is 22.9 Å². The zero-order valence-electron chi connectivity index (χ0n) is 20.4. The number of halogens is 1. The van der Waals surface area contributed by atoms with Crippen molar-refractivity contribution in [1.82, 2.24) is 15.5 Å². The molecular formula is C27H34ClN3O3S. The van der Waals surface area contributed by atoms with Crippen LogP contribution < -0.4 is 10.6 Å². The first kappa shape index (κ1) is 24.8. The van der Waals surface area contributed by atoms with E-state index in [-0.39, 0.29) is 34.9 Å². The highest BCUT2D eigenvalue weighted by Crippen LogP contribution is 2.51. The molecule has 2 N–H and O–H groups in total. The molecule has 35 heavy (non-hydrogen) atoms. The van der Waals surface area contributed by atoms with Crippen LogP contribution in [0.5, 0.6) is 0 Å². The van der Waals surface area contributed by atoms with Gasteiger partial charge in [-0.05, 0) is 101 Å². The summed E-state index contributed by atoms with van der Waals surface area (Å²) >= 11 is 7.28. The van der Waals surface area contributed by atoms with E-state index >= 15 is 0 Å². The fourth-order valence-corrected chi connectivity index (χ4v) is 6.67. The molecule has 3 atom stereocenters. The average Bonchev–Trinajstić information content (AvgIpc) is 3.11. The number of amides is 2. The zero-order chi connectivity index (χ0) is 24.6. The predicted octanol–water partition coefficient (Wildman–Crippen LogP) is 4.62. The van der Waals surface area contributed by atoms with E-state index in [4.69, 9.17) is 16.3 Å². The summed E-state index contributed by atoms with van der Waals surface area (Å²) in [4.78, 5) is 28.9. The monoisotopic (exact) mass is 515 g/mol. The SMILES string of the molecule is CN(C)CCC1(c2ccc(C(=O)NC3CC4(CCCO4)CC3NC(=O)c3ccc(Cl)s3)cc2)CC1. The summed E-state index contributed by atoms with van der Waals surface area (Å²) < 4.78 is 6.70. The van der Waals surface area contributed by atoms with E-state index in [1.165, 1.54) is 29.7 Å². The van der Waals surface area contributed by atoms with Gasteiger partial charge >= 0.3 is 0 Å². The molecule has 1 aliphatic heterocycles. The van der Waals surface area contributed by atoms with E-state index in [1.54, 1.807) is 12.1 Å². The Morgan fingerprint density at radius 3 is 2.26 bits per heavy atom. The van der Waals surface area contributed by atoms with Crippen molar-refractivity contribution < 1.29 is 14.3 Å². The fraction of sp³-hybridized carbons (Fsp3) is 0.556. The van der Waals surface area contributed by atoms with E-state index in [2.05, 4.69) is 41.8 Å². The third kappa shape index (κ3) is 5.43. The highest BCUT2D eigenvalue weighted by Gasteiger charge is 2.49. The summed E-state index contributed by atoms with van der Waals surface area (Å²) in [6, 6.07) is 11.2. The van der Waals surface area contributed by atoms with Crippen LogP contribution in [0.1, 0.15) is 70.5 Å². The van der Waals surface area contributed by atoms with E-state index in [9.17, 15) is 9.59 Å². The van der Waals surface area contributed by atoms with Gasteiger partial charge in [-0.1, -0.05) is 23.7 Å². The third-order valence-corrected chi connectivity index (χ3v) is 9.17. The van der Waals surface area contributed by atoms with Crippen molar-refractivity contribution in [1.29, 1.82) is 0 Å². The number of benzene rings is 1. The summed E-state index contributed by atoms with van der Waals surface area (Å²) in [5.74, 6) is -0.258. The van der Waals surface area contributed by atoms with E-state index in [0.717, 1.165) is 32.4 Å². The summed E-state index contributed by atoms with van der Waals surface area (Å²) in [6.45, 7) is 1.80. The van der Waals surface area contributed by atoms with Crippen LogP contribution in [-0.4, -0.2) is 61.6 Å². The molecule has 1 aromatic heterocycles. The van der Waals surface area contributed by atoms with Crippen LogP contribution in [0.3, 0.4) is 0 Å². The van der Waals surface area contributed by atoms with Crippen molar-refractivity contribution in [3.8, 4) is 0 Å². The average molecular weight is 516 g/mol. The van der Waals surface area contributed by atoms with E-state index < -0.39 is 0 Å². The third-order valence-electron chi connectivity index (χ3n) is 7.94. The predicted molar refractivity (Wildman–Crippen MR) is 140 cm³/mol. The topological polar surface area (TPSA) is 70.7 Å². The molecule has 0 bridgehead atoms. The van der Waals surface area contributed by atoms with Gasteiger partial charge in [0.05, 0.1) is 26.9 Å². The second-order valence-electron chi connectivity index (χ2n) is 10.7. The van der Waals surface area contributed by atoms with Gasteiger partial charge in [0.25, 0.3) is 11.8 Å². The van der Waals surface area contributed by atoms with Gasteiger partial charge in [-0.15, -0.1) is 11.3 Å². The Morgan fingerprint density at radius 2 is 1.71 bits per heavy atom. The van der Waals surface area contributed by atoms with Crippen LogP contribution in [0.15, 0.2) is 36.4 Å². The first-order valence-electron chi connectivity index (χ1n) is 12.5. The highest BCUT2D eigenvalue weighted by molar-refractivity contribution is 7.18. The molecule has 1 spiro atoms. The first-order chi connectivity index (χ1) is 16.8. The maximum absolute atomic E-state index is 13.2. The number of nitrogens with one attached hydrogen (secondary N) is 2. The van der Waals surface area contributed by atoms with Gasteiger partial charge in [0.1, 0.15) is 0 Å². The largest absolute Gasteiger partial charge is 0.375 e. The quantitative estimate of drug-likeness (QED) is 0.538. The lowest BCUT2D eigenvalue weighted by Crippen LogP contribution is -2.48. The Balaban J connectivity index is 1.26. The maximum Gasteiger partial charge on any atom is 0.261 e. The molecule has 1 saturated heterocycles. The minimum Gasteiger partial charge on any atom is -0.375 e. The summed E-state index contributed by atoms with van der Waals surface area (Å²) in [5.41, 5.74) is 1.99. The molecule has 0 radical (unpaired) electrons. The van der Waals surface area contributed by atoms with Crippen LogP contribution in [0.25, 0.3) is 0 Å². The van der Waals surface area contributed by atoms with Crippen LogP contribution in [-0.2, 0) is 10.2 Å². The normalized spacial score (nSPS) is 26.9. The minimum atomic E-state index is -0.266. The maximum atomic E-state index is 13.2. The number of thiophene rings is 1. The molecule has 188 valence electrons. The molecule has 6 nitrogen and oxygen atoms in total. The molecule has 1 aromatic carbocycles. The van der Waals surface area contributed by atoms with Crippen molar-refractivity contribution in [3.05, 3.63) is 56.7 Å². The van der Waals surface area contributed by atoms with Gasteiger partial charge in [0.2, 0.25) is 0 Å². The standard InChI is InChI=1S/C27H34ClN3O3S/c1-31(2)14-13-26(11-12-26)19-6-4-18(5-7-19)24(32)29-20-16-27(10-3-15-34-27)17-21(20)30-25(33)22-8-9-23(28)35-22/h4-9,20-21H,3,10-17H2,1-2H3,(H,29,32)(H,30,33). The molecule has 5 rings (SSSR count). The van der Waals surface area contributed by atoms with Gasteiger partial charge in [-0.3, -0.25) is 9.59 Å². The van der Waals surface area contributed by atoms with Crippen LogP contribution in [0, 0.1) is 0 Å². The van der Waals surface area contributed by atoms with Crippen molar-refractivity contribution in [3.63, 3.8) is 0 Å². The second-order valence-corrected chi connectivity index (χ2v) is 12.4. The lowest BCUT2D eigenvalue weighted by Gasteiger charge is -2.22. The Bertz CT molecular complexity index is 1070. The first-order valence-corrected chi connectivity index (χ1v) is 13.7. The van der Waals surface area contributed by atoms with Crippen molar-refractivity contribution in [2.75, 3.05) is 27.2 Å². The Kier molecular flexibility index (Phi) is 6.96. The molecule has 2 heterocycles. The molecule has 3 fully saturated rings. The number of hydrogen-bond acceptors (Lipinski definition) is 5. The molecule has 8 heteroatoms. The van der Waals surface area contributed by atoms with Gasteiger partial charge in [-0.25, -0.2) is 0 Å². The van der Waals surface area contributed by atoms with Crippen molar-refractivity contribution >= 4 is 34.8 Å². The summed E-state index contributed by atoms with van der Waals surface area (Å²) in [7, 11) is 4.22. The van der Waals surface area contributed by atoms with Gasteiger partial charge < -0.3 is 20.3 Å². The molecule has 3 unspecified atom stereocenters. The van der Waals surface area contributed by atoms with Crippen LogP contribution in [0.2, 0.25) is 4.34 Å². The smallest absolute Gasteiger partial charge is 0.261 e. The van der Waals surface area contributed by atoms with Gasteiger partial charge in [0.15, 0.2) is 0 Å². The molecule has 2 amide bonds.